The maximum absolute atomic E-state index is 12.9. The number of aryl methyl sites for hydroxylation is 1. The number of carbonyl (C=O) groups is 3. The summed E-state index contributed by atoms with van der Waals surface area (Å²) in [7, 11) is 1.59. The second-order valence-electron chi connectivity index (χ2n) is 8.47. The van der Waals surface area contributed by atoms with Crippen LogP contribution in [0.25, 0.3) is 11.1 Å². The lowest BCUT2D eigenvalue weighted by molar-refractivity contribution is -0.142. The fourth-order valence-corrected chi connectivity index (χ4v) is 4.51. The Morgan fingerprint density at radius 1 is 1.03 bits per heavy atom. The molecule has 3 aromatic rings. The van der Waals surface area contributed by atoms with Gasteiger partial charge >= 0.3 is 12.1 Å². The largest absolute Gasteiger partial charge is 0.479 e. The van der Waals surface area contributed by atoms with Crippen LogP contribution in [0.1, 0.15) is 48.5 Å². The number of benzene rings is 2. The van der Waals surface area contributed by atoms with Crippen molar-refractivity contribution in [1.82, 2.24) is 20.4 Å². The molecule has 182 valence electrons. The molecule has 0 aliphatic heterocycles. The molecule has 9 heteroatoms. The molecule has 2 atom stereocenters. The number of rotatable bonds is 9. The van der Waals surface area contributed by atoms with Gasteiger partial charge in [0.1, 0.15) is 12.6 Å². The highest BCUT2D eigenvalue weighted by Gasteiger charge is 2.31. The average molecular weight is 477 g/mol. The lowest BCUT2D eigenvalue weighted by Crippen LogP contribution is -2.49. The van der Waals surface area contributed by atoms with E-state index in [-0.39, 0.29) is 12.5 Å². The number of alkyl carbamates (subject to hydrolysis) is 1. The molecule has 3 N–H and O–H groups in total. The van der Waals surface area contributed by atoms with Crippen molar-refractivity contribution in [2.75, 3.05) is 6.61 Å². The van der Waals surface area contributed by atoms with Gasteiger partial charge in [0.15, 0.2) is 6.04 Å². The second-order valence-corrected chi connectivity index (χ2v) is 8.47. The van der Waals surface area contributed by atoms with Crippen molar-refractivity contribution in [3.05, 3.63) is 77.6 Å². The van der Waals surface area contributed by atoms with Gasteiger partial charge in [-0.1, -0.05) is 61.9 Å². The Morgan fingerprint density at radius 2 is 1.66 bits per heavy atom. The van der Waals surface area contributed by atoms with Crippen molar-refractivity contribution in [2.45, 2.75) is 37.8 Å². The van der Waals surface area contributed by atoms with Crippen molar-refractivity contribution in [2.24, 2.45) is 7.05 Å². The van der Waals surface area contributed by atoms with E-state index in [9.17, 15) is 19.5 Å². The number of carbonyl (C=O) groups excluding carboxylic acids is 2. The molecule has 1 aliphatic rings. The van der Waals surface area contributed by atoms with Gasteiger partial charge in [0.05, 0.1) is 5.69 Å². The van der Waals surface area contributed by atoms with E-state index >= 15 is 0 Å². The summed E-state index contributed by atoms with van der Waals surface area (Å²) in [6.07, 6.45) is 1.65. The fraction of sp³-hybridized carbons (Fsp3) is 0.308. The van der Waals surface area contributed by atoms with Gasteiger partial charge in [0, 0.05) is 19.2 Å². The van der Waals surface area contributed by atoms with Crippen LogP contribution < -0.4 is 10.6 Å². The van der Waals surface area contributed by atoms with E-state index in [4.69, 9.17) is 4.74 Å². The number of nitrogens with one attached hydrogen (secondary N) is 2. The minimum atomic E-state index is -1.29. The number of nitrogens with zero attached hydrogens (tertiary/aromatic N) is 2. The summed E-state index contributed by atoms with van der Waals surface area (Å²) >= 11 is 0. The Bertz CT molecular complexity index is 1190. The molecule has 0 radical (unpaired) electrons. The minimum absolute atomic E-state index is 0.104. The SMILES string of the molecule is CCC[C@H](NC(=O)OCC1c2ccccc2-c2ccccc21)C(=O)NC(C(=O)O)c1ccnn1C. The Hall–Kier alpha value is -4.14. The highest BCUT2D eigenvalue weighted by atomic mass is 16.5. The molecule has 2 amide bonds. The summed E-state index contributed by atoms with van der Waals surface area (Å²) < 4.78 is 6.93. The molecule has 1 aromatic heterocycles. The molecule has 0 bridgehead atoms. The highest BCUT2D eigenvalue weighted by molar-refractivity contribution is 5.89. The number of ether oxygens (including phenoxy) is 1. The summed E-state index contributed by atoms with van der Waals surface area (Å²) in [6, 6.07) is 15.3. The second kappa shape index (κ2) is 10.4. The monoisotopic (exact) mass is 476 g/mol. The first kappa shape index (κ1) is 24.0. The number of amides is 2. The Kier molecular flexibility index (Phi) is 7.14. The zero-order chi connectivity index (χ0) is 24.9. The van der Waals surface area contributed by atoms with Crippen molar-refractivity contribution in [1.29, 1.82) is 0 Å². The normalized spacial score (nSPS) is 13.9. The fourth-order valence-electron chi connectivity index (χ4n) is 4.51. The minimum Gasteiger partial charge on any atom is -0.479 e. The number of fused-ring (bicyclic) bond motifs is 3. The molecule has 9 nitrogen and oxygen atoms in total. The lowest BCUT2D eigenvalue weighted by atomic mass is 9.98. The zero-order valence-corrected chi connectivity index (χ0v) is 19.6. The molecule has 2 aromatic carbocycles. The van der Waals surface area contributed by atoms with Crippen molar-refractivity contribution in [3.8, 4) is 11.1 Å². The molecule has 1 heterocycles. The first-order valence-corrected chi connectivity index (χ1v) is 11.5. The first-order chi connectivity index (χ1) is 16.9. The maximum atomic E-state index is 12.9. The third kappa shape index (κ3) is 5.03. The number of hydrogen-bond donors (Lipinski definition) is 3. The van der Waals surface area contributed by atoms with E-state index < -0.39 is 30.1 Å². The molecule has 1 aliphatic carbocycles. The highest BCUT2D eigenvalue weighted by Crippen LogP contribution is 2.44. The van der Waals surface area contributed by atoms with E-state index in [0.717, 1.165) is 22.3 Å². The predicted molar refractivity (Wildman–Crippen MR) is 129 cm³/mol. The quantitative estimate of drug-likeness (QED) is 0.435. The third-order valence-electron chi connectivity index (χ3n) is 6.22. The van der Waals surface area contributed by atoms with Crippen molar-refractivity contribution < 1.29 is 24.2 Å². The van der Waals surface area contributed by atoms with Crippen LogP contribution in [0.4, 0.5) is 4.79 Å². The van der Waals surface area contributed by atoms with Crippen LogP contribution in [-0.4, -0.2) is 45.5 Å². The number of hydrogen-bond acceptors (Lipinski definition) is 5. The zero-order valence-electron chi connectivity index (χ0n) is 19.6. The van der Waals surface area contributed by atoms with Crippen LogP contribution in [0.15, 0.2) is 60.8 Å². The predicted octanol–water partition coefficient (Wildman–Crippen LogP) is 3.37. The number of aliphatic carboxylic acids is 1. The van der Waals surface area contributed by atoms with Gasteiger partial charge < -0.3 is 20.5 Å². The van der Waals surface area contributed by atoms with Gasteiger partial charge in [-0.05, 0) is 34.7 Å². The van der Waals surface area contributed by atoms with E-state index in [0.29, 0.717) is 18.5 Å². The molecule has 1 unspecified atom stereocenters. The van der Waals surface area contributed by atoms with Gasteiger partial charge in [-0.2, -0.15) is 5.10 Å². The molecular formula is C26H28N4O5. The summed E-state index contributed by atoms with van der Waals surface area (Å²) in [5, 5.41) is 18.7. The summed E-state index contributed by atoms with van der Waals surface area (Å²) in [5.74, 6) is -1.93. The molecule has 0 fully saturated rings. The Labute approximate surface area is 203 Å². The van der Waals surface area contributed by atoms with Gasteiger partial charge in [0.2, 0.25) is 5.91 Å². The van der Waals surface area contributed by atoms with Gasteiger partial charge in [-0.3, -0.25) is 9.48 Å². The van der Waals surface area contributed by atoms with Crippen LogP contribution in [0.3, 0.4) is 0 Å². The van der Waals surface area contributed by atoms with Gasteiger partial charge in [-0.25, -0.2) is 9.59 Å². The van der Waals surface area contributed by atoms with Crippen molar-refractivity contribution >= 4 is 18.0 Å². The topological polar surface area (TPSA) is 123 Å². The lowest BCUT2D eigenvalue weighted by Gasteiger charge is -2.22. The van der Waals surface area contributed by atoms with E-state index in [2.05, 4.69) is 27.9 Å². The smallest absolute Gasteiger partial charge is 0.407 e. The van der Waals surface area contributed by atoms with E-state index in [1.54, 1.807) is 7.05 Å². The average Bonchev–Trinajstić information content (AvgIpc) is 3.41. The Balaban J connectivity index is 1.42. The summed E-state index contributed by atoms with van der Waals surface area (Å²) in [6.45, 7) is 1.99. The van der Waals surface area contributed by atoms with E-state index in [1.807, 2.05) is 43.3 Å². The Morgan fingerprint density at radius 3 is 2.20 bits per heavy atom. The molecule has 35 heavy (non-hydrogen) atoms. The number of carboxylic acid groups (broad SMARTS) is 1. The standard InChI is InChI=1S/C26H28N4O5/c1-3-8-21(24(31)29-23(25(32)33)22-13-14-27-30(22)2)28-26(34)35-15-20-18-11-6-4-9-16(18)17-10-5-7-12-19(17)20/h4-7,9-14,20-21,23H,3,8,15H2,1-2H3,(H,28,34)(H,29,31)(H,32,33)/t21-,23?/m0/s1. The number of aromatic nitrogens is 2. The maximum Gasteiger partial charge on any atom is 0.407 e. The van der Waals surface area contributed by atoms with Crippen LogP contribution in [0.2, 0.25) is 0 Å². The van der Waals surface area contributed by atoms with Crippen LogP contribution in [-0.2, 0) is 21.4 Å². The van der Waals surface area contributed by atoms with Crippen LogP contribution in [0, 0.1) is 0 Å². The molecule has 0 saturated carbocycles. The molecule has 4 rings (SSSR count). The van der Waals surface area contributed by atoms with Gasteiger partial charge in [-0.15, -0.1) is 0 Å². The summed E-state index contributed by atoms with van der Waals surface area (Å²) in [5.41, 5.74) is 4.74. The molecule has 0 spiro atoms. The van der Waals surface area contributed by atoms with Crippen molar-refractivity contribution in [3.63, 3.8) is 0 Å². The summed E-state index contributed by atoms with van der Waals surface area (Å²) in [4.78, 5) is 37.3. The van der Waals surface area contributed by atoms with Crippen LogP contribution >= 0.6 is 0 Å². The number of carboxylic acids is 1. The van der Waals surface area contributed by atoms with E-state index in [1.165, 1.54) is 16.9 Å². The first-order valence-electron chi connectivity index (χ1n) is 11.5. The third-order valence-corrected chi connectivity index (χ3v) is 6.22. The molecular weight excluding hydrogens is 448 g/mol. The molecule has 0 saturated heterocycles. The van der Waals surface area contributed by atoms with Crippen LogP contribution in [0.5, 0.6) is 0 Å². The van der Waals surface area contributed by atoms with Gasteiger partial charge in [0.25, 0.3) is 0 Å².